The van der Waals surface area contributed by atoms with E-state index in [4.69, 9.17) is 19.2 Å². The lowest BCUT2D eigenvalue weighted by Gasteiger charge is -2.38. The second kappa shape index (κ2) is 9.52. The molecule has 1 aromatic heterocycles. The van der Waals surface area contributed by atoms with Crippen LogP contribution in [0.2, 0.25) is 0 Å². The fraction of sp³-hybridized carbons (Fsp3) is 0.400. The van der Waals surface area contributed by atoms with Gasteiger partial charge in [0.05, 0.1) is 37.9 Å². The van der Waals surface area contributed by atoms with Crippen LogP contribution in [0.4, 0.5) is 5.95 Å². The van der Waals surface area contributed by atoms with Gasteiger partial charge in [0, 0.05) is 18.2 Å². The highest BCUT2D eigenvalue weighted by Gasteiger charge is 2.48. The number of benzene rings is 2. The molecule has 33 heavy (non-hydrogen) atoms. The number of rotatable bonds is 8. The molecule has 0 unspecified atom stereocenters. The largest absolute Gasteiger partial charge is 0.497 e. The number of carbonyl (C=O) groups excluding carboxylic acids is 2. The Balaban J connectivity index is 2.01. The highest BCUT2D eigenvalue weighted by molar-refractivity contribution is 6.08. The number of para-hydroxylation sites is 2. The van der Waals surface area contributed by atoms with Crippen molar-refractivity contribution >= 4 is 28.9 Å². The third-order valence-corrected chi connectivity index (χ3v) is 5.98. The van der Waals surface area contributed by atoms with Crippen molar-refractivity contribution in [3.63, 3.8) is 0 Å². The summed E-state index contributed by atoms with van der Waals surface area (Å²) in [5, 5.41) is 0. The van der Waals surface area contributed by atoms with E-state index in [1.807, 2.05) is 34.9 Å². The van der Waals surface area contributed by atoms with Crippen molar-refractivity contribution in [2.24, 2.45) is 5.92 Å². The summed E-state index contributed by atoms with van der Waals surface area (Å²) in [7, 11) is 3.13. The van der Waals surface area contributed by atoms with Gasteiger partial charge in [0.25, 0.3) is 0 Å². The number of hydrogen-bond donors (Lipinski definition) is 0. The molecule has 8 heteroatoms. The Morgan fingerprint density at radius 3 is 2.58 bits per heavy atom. The first-order chi connectivity index (χ1) is 16.0. The maximum absolute atomic E-state index is 13.8. The third kappa shape index (κ3) is 3.90. The Bertz CT molecular complexity index is 1170. The van der Waals surface area contributed by atoms with Crippen molar-refractivity contribution in [3.8, 4) is 11.5 Å². The number of ether oxygens (including phenoxy) is 3. The summed E-state index contributed by atoms with van der Waals surface area (Å²) < 4.78 is 18.4. The van der Waals surface area contributed by atoms with Gasteiger partial charge in [-0.1, -0.05) is 25.5 Å². The number of methoxy groups -OCH3 is 2. The molecule has 2 atom stereocenters. The zero-order valence-electron chi connectivity index (χ0n) is 19.4. The molecule has 0 spiro atoms. The van der Waals surface area contributed by atoms with Gasteiger partial charge in [0.2, 0.25) is 11.9 Å². The van der Waals surface area contributed by atoms with Crippen LogP contribution >= 0.6 is 0 Å². The van der Waals surface area contributed by atoms with Crippen molar-refractivity contribution in [1.29, 1.82) is 0 Å². The van der Waals surface area contributed by atoms with Crippen molar-refractivity contribution in [2.45, 2.75) is 32.7 Å². The first-order valence-corrected chi connectivity index (χ1v) is 11.2. The minimum atomic E-state index is -1.07. The smallest absolute Gasteiger partial charge is 0.321 e. The van der Waals surface area contributed by atoms with Gasteiger partial charge in [0.1, 0.15) is 11.5 Å². The molecule has 1 aliphatic heterocycles. The molecule has 0 N–H and O–H groups in total. The van der Waals surface area contributed by atoms with Gasteiger partial charge in [-0.15, -0.1) is 0 Å². The number of esters is 1. The number of aromatic nitrogens is 2. The van der Waals surface area contributed by atoms with Crippen LogP contribution in [0.3, 0.4) is 0 Å². The Labute approximate surface area is 193 Å². The number of imidazole rings is 1. The quantitative estimate of drug-likeness (QED) is 0.381. The zero-order chi connectivity index (χ0) is 23.5. The summed E-state index contributed by atoms with van der Waals surface area (Å²) in [4.78, 5) is 33.4. The van der Waals surface area contributed by atoms with E-state index in [0.29, 0.717) is 29.6 Å². The predicted molar refractivity (Wildman–Crippen MR) is 125 cm³/mol. The molecule has 0 fully saturated rings. The Hall–Kier alpha value is -3.55. The Morgan fingerprint density at radius 2 is 1.88 bits per heavy atom. The maximum atomic E-state index is 13.8. The van der Waals surface area contributed by atoms with Gasteiger partial charge in [-0.2, -0.15) is 0 Å². The number of amides is 1. The standard InChI is InChI=1S/C25H29N3O5/c1-5-7-14-27-23(29)21(24(30)33-6-2)22(17-13-12-16(31-3)15-20(17)32-4)28-19-11-9-8-10-18(19)26-25(27)28/h8-13,15,21-22H,5-7,14H2,1-4H3/t21-,22+/m1/s1. The van der Waals surface area contributed by atoms with Crippen LogP contribution in [0.25, 0.3) is 11.0 Å². The van der Waals surface area contributed by atoms with Crippen LogP contribution in [0, 0.1) is 5.92 Å². The molecule has 1 aliphatic rings. The predicted octanol–water partition coefficient (Wildman–Crippen LogP) is 3.97. The highest BCUT2D eigenvalue weighted by Crippen LogP contribution is 2.44. The van der Waals surface area contributed by atoms with Crippen LogP contribution in [-0.4, -0.2) is 48.8 Å². The fourth-order valence-corrected chi connectivity index (χ4v) is 4.42. The van der Waals surface area contributed by atoms with Gasteiger partial charge in [0.15, 0.2) is 5.92 Å². The van der Waals surface area contributed by atoms with Crippen LogP contribution in [0.1, 0.15) is 38.3 Å². The molecular weight excluding hydrogens is 422 g/mol. The van der Waals surface area contributed by atoms with E-state index in [9.17, 15) is 9.59 Å². The minimum absolute atomic E-state index is 0.182. The van der Waals surface area contributed by atoms with E-state index >= 15 is 0 Å². The summed E-state index contributed by atoms with van der Waals surface area (Å²) in [6, 6.07) is 12.4. The first-order valence-electron chi connectivity index (χ1n) is 11.2. The van der Waals surface area contributed by atoms with Crippen LogP contribution in [0.5, 0.6) is 11.5 Å². The van der Waals surface area contributed by atoms with E-state index in [1.165, 1.54) is 0 Å². The molecule has 0 saturated heterocycles. The van der Waals surface area contributed by atoms with Crippen LogP contribution in [-0.2, 0) is 14.3 Å². The van der Waals surface area contributed by atoms with Crippen LogP contribution < -0.4 is 14.4 Å². The van der Waals surface area contributed by atoms with Crippen molar-refractivity contribution in [2.75, 3.05) is 32.3 Å². The monoisotopic (exact) mass is 451 g/mol. The number of fused-ring (bicyclic) bond motifs is 3. The summed E-state index contributed by atoms with van der Waals surface area (Å²) in [5.74, 6) is -0.284. The fourth-order valence-electron chi connectivity index (χ4n) is 4.42. The number of nitrogens with zero attached hydrogens (tertiary/aromatic N) is 3. The number of unbranched alkanes of at least 4 members (excludes halogenated alkanes) is 1. The van der Waals surface area contributed by atoms with E-state index < -0.39 is 17.9 Å². The highest BCUT2D eigenvalue weighted by atomic mass is 16.5. The lowest BCUT2D eigenvalue weighted by atomic mass is 9.88. The van der Waals surface area contributed by atoms with E-state index in [-0.39, 0.29) is 12.5 Å². The van der Waals surface area contributed by atoms with Gasteiger partial charge in [-0.05, 0) is 37.6 Å². The van der Waals surface area contributed by atoms with Gasteiger partial charge >= 0.3 is 5.97 Å². The zero-order valence-corrected chi connectivity index (χ0v) is 19.4. The van der Waals surface area contributed by atoms with E-state index in [0.717, 1.165) is 23.9 Å². The second-order valence-corrected chi connectivity index (χ2v) is 7.90. The molecular formula is C25H29N3O5. The molecule has 0 bridgehead atoms. The first kappa shape index (κ1) is 22.6. The van der Waals surface area contributed by atoms with Crippen molar-refractivity contribution < 1.29 is 23.8 Å². The normalized spacial score (nSPS) is 17.7. The molecule has 1 amide bonds. The summed E-state index contributed by atoms with van der Waals surface area (Å²) in [6.07, 6.45) is 1.70. The van der Waals surface area contributed by atoms with Crippen molar-refractivity contribution in [3.05, 3.63) is 48.0 Å². The number of carbonyl (C=O) groups is 2. The Kier molecular flexibility index (Phi) is 6.53. The average molecular weight is 452 g/mol. The van der Waals surface area contributed by atoms with Gasteiger partial charge < -0.3 is 18.8 Å². The Morgan fingerprint density at radius 1 is 1.09 bits per heavy atom. The minimum Gasteiger partial charge on any atom is -0.497 e. The maximum Gasteiger partial charge on any atom is 0.321 e. The summed E-state index contributed by atoms with van der Waals surface area (Å²) in [6.45, 7) is 4.45. The summed E-state index contributed by atoms with van der Waals surface area (Å²) in [5.41, 5.74) is 2.27. The molecule has 174 valence electrons. The lowest BCUT2D eigenvalue weighted by molar-refractivity contribution is -0.153. The summed E-state index contributed by atoms with van der Waals surface area (Å²) >= 11 is 0. The van der Waals surface area contributed by atoms with Crippen LogP contribution in [0.15, 0.2) is 42.5 Å². The van der Waals surface area contributed by atoms with E-state index in [1.54, 1.807) is 38.2 Å². The molecule has 3 aromatic rings. The molecule has 4 rings (SSSR count). The molecule has 0 radical (unpaired) electrons. The van der Waals surface area contributed by atoms with Crippen molar-refractivity contribution in [1.82, 2.24) is 9.55 Å². The third-order valence-electron chi connectivity index (χ3n) is 5.98. The second-order valence-electron chi connectivity index (χ2n) is 7.90. The topological polar surface area (TPSA) is 82.9 Å². The number of anilines is 1. The van der Waals surface area contributed by atoms with Gasteiger partial charge in [-0.3, -0.25) is 14.5 Å². The molecule has 8 nitrogen and oxygen atoms in total. The molecule has 2 aromatic carbocycles. The lowest BCUT2D eigenvalue weighted by Crippen LogP contribution is -2.50. The molecule has 2 heterocycles. The van der Waals surface area contributed by atoms with Gasteiger partial charge in [-0.25, -0.2) is 4.98 Å². The molecule has 0 aliphatic carbocycles. The average Bonchev–Trinajstić information content (AvgIpc) is 3.21. The SMILES string of the molecule is CCCCN1C(=O)[C@H](C(=O)OCC)[C@H](c2ccc(OC)cc2OC)n2c1nc1ccccc12. The van der Waals surface area contributed by atoms with E-state index in [2.05, 4.69) is 6.92 Å². The molecule has 0 saturated carbocycles. The number of hydrogen-bond acceptors (Lipinski definition) is 6.